The van der Waals surface area contributed by atoms with Gasteiger partial charge >= 0.3 is 0 Å². The van der Waals surface area contributed by atoms with E-state index in [4.69, 9.17) is 16.7 Å². The third-order valence-electron chi connectivity index (χ3n) is 2.46. The van der Waals surface area contributed by atoms with Crippen LogP contribution in [0.4, 0.5) is 5.82 Å². The number of aromatic nitrogens is 1. The van der Waals surface area contributed by atoms with E-state index in [0.29, 0.717) is 10.0 Å². The lowest BCUT2D eigenvalue weighted by Gasteiger charge is -2.10. The number of halogens is 2. The van der Waals surface area contributed by atoms with E-state index in [0.717, 1.165) is 0 Å². The van der Waals surface area contributed by atoms with Crippen LogP contribution in [0.1, 0.15) is 5.56 Å². The molecule has 0 aliphatic rings. The second kappa shape index (κ2) is 6.09. The Labute approximate surface area is 129 Å². The van der Waals surface area contributed by atoms with Crippen LogP contribution in [0, 0.1) is 0 Å². The molecule has 106 valence electrons. The Morgan fingerprint density at radius 1 is 1.35 bits per heavy atom. The first-order valence-electron chi connectivity index (χ1n) is 5.46. The van der Waals surface area contributed by atoms with Gasteiger partial charge < -0.3 is 5.11 Å². The molecule has 0 aliphatic carbocycles. The number of aliphatic hydroxyl groups is 1. The fourth-order valence-corrected chi connectivity index (χ4v) is 3.56. The number of rotatable bonds is 4. The highest BCUT2D eigenvalue weighted by molar-refractivity contribution is 9.10. The lowest BCUT2D eigenvalue weighted by molar-refractivity contribution is 0.281. The summed E-state index contributed by atoms with van der Waals surface area (Å²) in [4.78, 5) is 3.82. The maximum absolute atomic E-state index is 12.3. The smallest absolute Gasteiger partial charge is 0.264 e. The van der Waals surface area contributed by atoms with E-state index >= 15 is 0 Å². The Kier molecular flexibility index (Phi) is 4.64. The zero-order valence-corrected chi connectivity index (χ0v) is 13.2. The first-order valence-corrected chi connectivity index (χ1v) is 8.12. The van der Waals surface area contributed by atoms with Crippen molar-refractivity contribution in [2.24, 2.45) is 0 Å². The Balaban J connectivity index is 2.43. The van der Waals surface area contributed by atoms with E-state index in [1.807, 2.05) is 0 Å². The van der Waals surface area contributed by atoms with Gasteiger partial charge in [-0.05, 0) is 45.8 Å². The van der Waals surface area contributed by atoms with Crippen LogP contribution in [0.5, 0.6) is 0 Å². The number of anilines is 1. The molecule has 1 heterocycles. The van der Waals surface area contributed by atoms with E-state index in [1.54, 1.807) is 18.2 Å². The molecule has 1 aromatic carbocycles. The van der Waals surface area contributed by atoms with Gasteiger partial charge in [0.2, 0.25) is 0 Å². The minimum absolute atomic E-state index is 0.0711. The molecule has 0 bridgehead atoms. The average Bonchev–Trinajstić information content (AvgIpc) is 2.41. The van der Waals surface area contributed by atoms with Crippen molar-refractivity contribution in [3.63, 3.8) is 0 Å². The minimum atomic E-state index is -3.88. The predicted molar refractivity (Wildman–Crippen MR) is 80.1 cm³/mol. The van der Waals surface area contributed by atoms with Gasteiger partial charge in [0.05, 0.1) is 16.1 Å². The van der Waals surface area contributed by atoms with Crippen LogP contribution in [0.25, 0.3) is 0 Å². The van der Waals surface area contributed by atoms with Crippen LogP contribution in [-0.4, -0.2) is 18.5 Å². The number of sulfonamides is 1. The van der Waals surface area contributed by atoms with Gasteiger partial charge in [0.25, 0.3) is 10.0 Å². The second-order valence-corrected chi connectivity index (χ2v) is 6.77. The van der Waals surface area contributed by atoms with Crippen molar-refractivity contribution in [1.82, 2.24) is 4.98 Å². The summed E-state index contributed by atoms with van der Waals surface area (Å²) in [5.41, 5.74) is 0.454. The summed E-state index contributed by atoms with van der Waals surface area (Å²) in [6.07, 6.45) is 1.47. The summed E-state index contributed by atoms with van der Waals surface area (Å²) in [5, 5.41) is 9.15. The molecule has 0 aliphatic heterocycles. The average molecular weight is 378 g/mol. The van der Waals surface area contributed by atoms with Gasteiger partial charge in [-0.25, -0.2) is 13.4 Å². The monoisotopic (exact) mass is 376 g/mol. The molecule has 0 amide bonds. The Morgan fingerprint density at radius 2 is 2.10 bits per heavy atom. The molecule has 1 aromatic heterocycles. The van der Waals surface area contributed by atoms with Gasteiger partial charge in [-0.2, -0.15) is 0 Å². The third-order valence-corrected chi connectivity index (χ3v) is 4.92. The lowest BCUT2D eigenvalue weighted by Crippen LogP contribution is -2.15. The van der Waals surface area contributed by atoms with E-state index in [9.17, 15) is 8.42 Å². The molecule has 2 rings (SSSR count). The molecule has 0 saturated heterocycles. The summed E-state index contributed by atoms with van der Waals surface area (Å²) in [6.45, 7) is -0.271. The van der Waals surface area contributed by atoms with Crippen LogP contribution in [0.15, 0.2) is 45.9 Å². The summed E-state index contributed by atoms with van der Waals surface area (Å²) >= 11 is 9.12. The SMILES string of the molecule is O=S(=O)(Nc1ncccc1Br)c1cc(CO)ccc1Cl. The molecule has 2 N–H and O–H groups in total. The summed E-state index contributed by atoms with van der Waals surface area (Å²) in [5.74, 6) is 0.165. The van der Waals surface area contributed by atoms with Crippen LogP contribution in [0.3, 0.4) is 0 Å². The molecule has 20 heavy (non-hydrogen) atoms. The highest BCUT2D eigenvalue weighted by atomic mass is 79.9. The number of nitrogens with one attached hydrogen (secondary N) is 1. The molecule has 0 saturated carbocycles. The van der Waals surface area contributed by atoms with Crippen molar-refractivity contribution in [2.45, 2.75) is 11.5 Å². The van der Waals surface area contributed by atoms with Gasteiger partial charge in [-0.3, -0.25) is 4.72 Å². The zero-order valence-electron chi connectivity index (χ0n) is 10.0. The van der Waals surface area contributed by atoms with E-state index < -0.39 is 10.0 Å². The van der Waals surface area contributed by atoms with Crippen LogP contribution < -0.4 is 4.72 Å². The topological polar surface area (TPSA) is 79.3 Å². The van der Waals surface area contributed by atoms with Crippen molar-refractivity contribution in [1.29, 1.82) is 0 Å². The molecule has 5 nitrogen and oxygen atoms in total. The van der Waals surface area contributed by atoms with Crippen molar-refractivity contribution in [3.05, 3.63) is 51.6 Å². The molecule has 0 unspecified atom stereocenters. The fraction of sp³-hybridized carbons (Fsp3) is 0.0833. The molecule has 0 fully saturated rings. The van der Waals surface area contributed by atoms with Crippen molar-refractivity contribution < 1.29 is 13.5 Å². The minimum Gasteiger partial charge on any atom is -0.392 e. The normalized spacial score (nSPS) is 11.3. The van der Waals surface area contributed by atoms with E-state index in [1.165, 1.54) is 18.3 Å². The number of benzene rings is 1. The highest BCUT2D eigenvalue weighted by Crippen LogP contribution is 2.27. The molecule has 0 atom stereocenters. The van der Waals surface area contributed by atoms with Crippen LogP contribution in [-0.2, 0) is 16.6 Å². The van der Waals surface area contributed by atoms with Crippen molar-refractivity contribution in [2.75, 3.05) is 4.72 Å². The Hall–Kier alpha value is -1.15. The van der Waals surface area contributed by atoms with Gasteiger partial charge in [-0.1, -0.05) is 17.7 Å². The second-order valence-electron chi connectivity index (χ2n) is 3.86. The number of pyridine rings is 1. The maximum atomic E-state index is 12.3. The lowest BCUT2D eigenvalue weighted by atomic mass is 10.2. The van der Waals surface area contributed by atoms with Crippen molar-refractivity contribution >= 4 is 43.4 Å². The molecule has 2 aromatic rings. The quantitative estimate of drug-likeness (QED) is 0.858. The summed E-state index contributed by atoms with van der Waals surface area (Å²) < 4.78 is 27.5. The van der Waals surface area contributed by atoms with E-state index in [2.05, 4.69) is 25.6 Å². The first-order chi connectivity index (χ1) is 9.44. The molecular weight excluding hydrogens is 368 g/mol. The Bertz CT molecular complexity index is 737. The van der Waals surface area contributed by atoms with Gasteiger partial charge in [0.15, 0.2) is 5.82 Å². The largest absolute Gasteiger partial charge is 0.392 e. The number of nitrogens with zero attached hydrogens (tertiary/aromatic N) is 1. The van der Waals surface area contributed by atoms with E-state index in [-0.39, 0.29) is 22.3 Å². The maximum Gasteiger partial charge on any atom is 0.264 e. The number of hydrogen-bond donors (Lipinski definition) is 2. The first kappa shape index (κ1) is 15.2. The van der Waals surface area contributed by atoms with Crippen LogP contribution >= 0.6 is 27.5 Å². The van der Waals surface area contributed by atoms with Crippen LogP contribution in [0.2, 0.25) is 5.02 Å². The molecular formula is C12H10BrClN2O3S. The van der Waals surface area contributed by atoms with Gasteiger partial charge in [-0.15, -0.1) is 0 Å². The predicted octanol–water partition coefficient (Wildman–Crippen LogP) is 2.79. The molecule has 0 radical (unpaired) electrons. The molecule has 8 heteroatoms. The Morgan fingerprint density at radius 3 is 2.75 bits per heavy atom. The van der Waals surface area contributed by atoms with Crippen molar-refractivity contribution in [3.8, 4) is 0 Å². The number of hydrogen-bond acceptors (Lipinski definition) is 4. The summed E-state index contributed by atoms with van der Waals surface area (Å²) in [6, 6.07) is 7.63. The highest BCUT2D eigenvalue weighted by Gasteiger charge is 2.20. The van der Waals surface area contributed by atoms with Gasteiger partial charge in [0.1, 0.15) is 4.90 Å². The fourth-order valence-electron chi connectivity index (χ4n) is 1.50. The number of aliphatic hydroxyl groups excluding tert-OH is 1. The third kappa shape index (κ3) is 3.29. The molecule has 0 spiro atoms. The standard InChI is InChI=1S/C12H10BrClN2O3S/c13-9-2-1-5-15-12(9)16-20(18,19)11-6-8(7-17)3-4-10(11)14/h1-6,17H,7H2,(H,15,16). The summed E-state index contributed by atoms with van der Waals surface area (Å²) in [7, 11) is -3.88. The zero-order chi connectivity index (χ0) is 14.8. The van der Waals surface area contributed by atoms with Gasteiger partial charge in [0, 0.05) is 6.20 Å².